The monoisotopic (exact) mass is 462 g/mol. The van der Waals surface area contributed by atoms with E-state index in [1.165, 1.54) is 14.1 Å². The summed E-state index contributed by atoms with van der Waals surface area (Å²) in [6.45, 7) is 4.35. The highest BCUT2D eigenvalue weighted by Crippen LogP contribution is 2.25. The van der Waals surface area contributed by atoms with Gasteiger partial charge in [0.1, 0.15) is 16.4 Å². The van der Waals surface area contributed by atoms with E-state index in [9.17, 15) is 19.5 Å². The van der Waals surface area contributed by atoms with Gasteiger partial charge in [0.25, 0.3) is 5.56 Å². The highest BCUT2D eigenvalue weighted by atomic mass is 32.2. The number of ether oxygens (including phenoxy) is 2. The summed E-state index contributed by atoms with van der Waals surface area (Å²) in [5.74, 6) is 0.0540. The molecule has 0 unspecified atom stereocenters. The smallest absolute Gasteiger partial charge is 0.333 e. The minimum absolute atomic E-state index is 0.0152. The Balaban J connectivity index is 1.99. The summed E-state index contributed by atoms with van der Waals surface area (Å²) in [5, 5.41) is 10.7. The molecule has 1 aliphatic rings. The molecular formula is C21H26N4O6S. The second-order valence-electron chi connectivity index (χ2n) is 7.03. The number of morpholine rings is 1. The molecule has 2 heterocycles. The average molecular weight is 463 g/mol. The van der Waals surface area contributed by atoms with Crippen LogP contribution in [-0.2, 0) is 23.6 Å². The molecule has 10 nitrogen and oxygen atoms in total. The van der Waals surface area contributed by atoms with Crippen molar-refractivity contribution in [3.63, 3.8) is 0 Å². The van der Waals surface area contributed by atoms with Crippen molar-refractivity contribution in [3.8, 4) is 11.6 Å². The molecule has 172 valence electrons. The Labute approximate surface area is 189 Å². The van der Waals surface area contributed by atoms with Crippen LogP contribution in [0.2, 0.25) is 0 Å². The van der Waals surface area contributed by atoms with Crippen molar-refractivity contribution in [2.45, 2.75) is 6.92 Å². The predicted octanol–water partition coefficient (Wildman–Crippen LogP) is 0.859. The standard InChI is InChI=1S/C21H26N4O6S/c1-4-31-15-7-5-14(6-8-15)22-18(32-13-16(26)25-9-11-30-12-10-25)17-19(27)23(2)21(29)24(3)20(17)28/h5-8,27H,4,9-13H2,1-3H3. The number of rotatable bonds is 6. The van der Waals surface area contributed by atoms with E-state index < -0.39 is 17.1 Å². The van der Waals surface area contributed by atoms with Crippen molar-refractivity contribution >= 4 is 28.4 Å². The van der Waals surface area contributed by atoms with Crippen LogP contribution in [0.3, 0.4) is 0 Å². The van der Waals surface area contributed by atoms with Crippen molar-refractivity contribution in [2.24, 2.45) is 19.1 Å². The molecule has 0 atom stereocenters. The summed E-state index contributed by atoms with van der Waals surface area (Å²) in [6.07, 6.45) is 0. The van der Waals surface area contributed by atoms with Gasteiger partial charge in [-0.15, -0.1) is 0 Å². The Morgan fingerprint density at radius 3 is 2.44 bits per heavy atom. The lowest BCUT2D eigenvalue weighted by atomic mass is 10.3. The molecule has 1 amide bonds. The first-order valence-electron chi connectivity index (χ1n) is 10.1. The van der Waals surface area contributed by atoms with Gasteiger partial charge in [-0.1, -0.05) is 11.8 Å². The zero-order valence-electron chi connectivity index (χ0n) is 18.2. The van der Waals surface area contributed by atoms with Gasteiger partial charge < -0.3 is 19.5 Å². The van der Waals surface area contributed by atoms with E-state index in [4.69, 9.17) is 9.47 Å². The Bertz CT molecular complexity index is 1120. The Hall–Kier alpha value is -3.05. The van der Waals surface area contributed by atoms with Crippen LogP contribution in [0.4, 0.5) is 5.69 Å². The molecule has 0 saturated carbocycles. The number of nitrogens with zero attached hydrogens (tertiary/aromatic N) is 4. The lowest BCUT2D eigenvalue weighted by Crippen LogP contribution is -2.42. The van der Waals surface area contributed by atoms with Crippen molar-refractivity contribution in [1.82, 2.24) is 14.0 Å². The second kappa shape index (κ2) is 10.5. The predicted molar refractivity (Wildman–Crippen MR) is 122 cm³/mol. The van der Waals surface area contributed by atoms with Crippen LogP contribution in [0.5, 0.6) is 11.6 Å². The summed E-state index contributed by atoms with van der Waals surface area (Å²) in [5.41, 5.74) is -0.985. The van der Waals surface area contributed by atoms with Crippen LogP contribution in [-0.4, -0.2) is 68.8 Å². The van der Waals surface area contributed by atoms with Gasteiger partial charge in [-0.25, -0.2) is 9.79 Å². The van der Waals surface area contributed by atoms with Crippen molar-refractivity contribution < 1.29 is 19.4 Å². The molecule has 1 fully saturated rings. The quantitative estimate of drug-likeness (QED) is 0.500. The number of hydrogen-bond acceptors (Lipinski definition) is 8. The number of aromatic hydroxyl groups is 1. The van der Waals surface area contributed by atoms with Crippen molar-refractivity contribution in [2.75, 3.05) is 38.7 Å². The van der Waals surface area contributed by atoms with E-state index in [1.54, 1.807) is 29.2 Å². The number of aliphatic imine (C=N–C) groups is 1. The van der Waals surface area contributed by atoms with Gasteiger partial charge in [0.05, 0.1) is 31.3 Å². The van der Waals surface area contributed by atoms with Gasteiger partial charge in [0, 0.05) is 27.2 Å². The molecule has 32 heavy (non-hydrogen) atoms. The molecule has 0 aliphatic carbocycles. The third-order valence-corrected chi connectivity index (χ3v) is 5.88. The first-order chi connectivity index (χ1) is 15.3. The normalized spacial score (nSPS) is 14.5. The lowest BCUT2D eigenvalue weighted by Gasteiger charge is -2.26. The molecule has 0 spiro atoms. The zero-order valence-corrected chi connectivity index (χ0v) is 19.1. The van der Waals surface area contributed by atoms with E-state index in [0.29, 0.717) is 44.3 Å². The number of aromatic nitrogens is 2. The van der Waals surface area contributed by atoms with Gasteiger partial charge in [-0.3, -0.25) is 18.7 Å². The molecule has 1 aromatic carbocycles. The fourth-order valence-electron chi connectivity index (χ4n) is 3.12. The van der Waals surface area contributed by atoms with E-state index in [2.05, 4.69) is 4.99 Å². The molecular weight excluding hydrogens is 436 g/mol. The number of amides is 1. The summed E-state index contributed by atoms with van der Waals surface area (Å²) in [7, 11) is 2.68. The number of thioether (sulfide) groups is 1. The van der Waals surface area contributed by atoms with Gasteiger partial charge in [0.15, 0.2) is 0 Å². The topological polar surface area (TPSA) is 115 Å². The molecule has 3 rings (SSSR count). The summed E-state index contributed by atoms with van der Waals surface area (Å²) < 4.78 is 12.6. The van der Waals surface area contributed by atoms with Crippen LogP contribution in [0.25, 0.3) is 0 Å². The van der Waals surface area contributed by atoms with Crippen LogP contribution >= 0.6 is 11.8 Å². The molecule has 2 aromatic rings. The molecule has 1 aliphatic heterocycles. The maximum absolute atomic E-state index is 12.8. The van der Waals surface area contributed by atoms with Crippen LogP contribution in [0.15, 0.2) is 38.8 Å². The molecule has 11 heteroatoms. The molecule has 1 N–H and O–H groups in total. The Kier molecular flexibility index (Phi) is 7.75. The molecule has 1 saturated heterocycles. The largest absolute Gasteiger partial charge is 0.494 e. The van der Waals surface area contributed by atoms with Crippen molar-refractivity contribution in [1.29, 1.82) is 0 Å². The van der Waals surface area contributed by atoms with Gasteiger partial charge in [0.2, 0.25) is 11.8 Å². The third-order valence-electron chi connectivity index (χ3n) is 4.92. The first kappa shape index (κ1) is 23.6. The highest BCUT2D eigenvalue weighted by Gasteiger charge is 2.23. The van der Waals surface area contributed by atoms with Gasteiger partial charge in [-0.2, -0.15) is 0 Å². The van der Waals surface area contributed by atoms with Crippen LogP contribution < -0.4 is 16.0 Å². The van der Waals surface area contributed by atoms with E-state index in [1.807, 2.05) is 6.92 Å². The second-order valence-corrected chi connectivity index (χ2v) is 7.99. The van der Waals surface area contributed by atoms with Gasteiger partial charge >= 0.3 is 5.69 Å². The average Bonchev–Trinajstić information content (AvgIpc) is 2.81. The third kappa shape index (κ3) is 5.22. The molecule has 0 bridgehead atoms. The number of carbonyl (C=O) groups is 1. The number of carbonyl (C=O) groups excluding carboxylic acids is 1. The number of hydrogen-bond donors (Lipinski definition) is 1. The molecule has 0 radical (unpaired) electrons. The summed E-state index contributed by atoms with van der Waals surface area (Å²) in [6, 6.07) is 6.89. The van der Waals surface area contributed by atoms with Gasteiger partial charge in [-0.05, 0) is 31.2 Å². The fraction of sp³-hybridized carbons (Fsp3) is 0.429. The Morgan fingerprint density at radius 2 is 1.81 bits per heavy atom. The minimum Gasteiger partial charge on any atom is -0.494 e. The fourth-order valence-corrected chi connectivity index (χ4v) is 4.05. The number of benzene rings is 1. The maximum Gasteiger partial charge on any atom is 0.333 e. The van der Waals surface area contributed by atoms with Crippen molar-refractivity contribution in [3.05, 3.63) is 50.7 Å². The zero-order chi connectivity index (χ0) is 23.3. The van der Waals surface area contributed by atoms with E-state index in [0.717, 1.165) is 20.9 Å². The SMILES string of the molecule is CCOc1ccc(N=C(SCC(=O)N2CCOCC2)c2c(O)n(C)c(=O)n(C)c2=O)cc1. The highest BCUT2D eigenvalue weighted by molar-refractivity contribution is 8.15. The van der Waals surface area contributed by atoms with E-state index in [-0.39, 0.29) is 22.3 Å². The van der Waals surface area contributed by atoms with Crippen LogP contribution in [0.1, 0.15) is 12.5 Å². The minimum atomic E-state index is -0.693. The van der Waals surface area contributed by atoms with Crippen LogP contribution in [0, 0.1) is 0 Å². The lowest BCUT2D eigenvalue weighted by molar-refractivity contribution is -0.132. The molecule has 1 aromatic heterocycles. The summed E-state index contributed by atoms with van der Waals surface area (Å²) >= 11 is 1.04. The maximum atomic E-state index is 12.8. The summed E-state index contributed by atoms with van der Waals surface area (Å²) in [4.78, 5) is 43.8. The first-order valence-corrected chi connectivity index (χ1v) is 11.1. The Morgan fingerprint density at radius 1 is 1.16 bits per heavy atom. The van der Waals surface area contributed by atoms with E-state index >= 15 is 0 Å².